The van der Waals surface area contributed by atoms with Gasteiger partial charge in [-0.1, -0.05) is 94.4 Å². The van der Waals surface area contributed by atoms with Crippen LogP contribution in [0.2, 0.25) is 0 Å². The normalized spacial score (nSPS) is 11.1. The predicted molar refractivity (Wildman–Crippen MR) is 143 cm³/mol. The third-order valence-electron chi connectivity index (χ3n) is 5.97. The molecule has 0 saturated carbocycles. The molecule has 4 rings (SSSR count). The fourth-order valence-electron chi connectivity index (χ4n) is 4.13. The summed E-state index contributed by atoms with van der Waals surface area (Å²) >= 11 is 0. The first kappa shape index (κ1) is 24.9. The lowest BCUT2D eigenvalue weighted by molar-refractivity contribution is -0.119. The summed E-state index contributed by atoms with van der Waals surface area (Å²) in [6.07, 6.45) is 1.64. The van der Waals surface area contributed by atoms with Crippen molar-refractivity contribution in [2.45, 2.75) is 39.5 Å². The zero-order valence-electron chi connectivity index (χ0n) is 21.1. The van der Waals surface area contributed by atoms with Gasteiger partial charge < -0.3 is 10.1 Å². The molecule has 3 aromatic carbocycles. The molecule has 184 valence electrons. The number of benzene rings is 3. The average Bonchev–Trinajstić information content (AvgIpc) is 3.34. The Hall–Kier alpha value is -4.19. The molecule has 1 heterocycles. The van der Waals surface area contributed by atoms with Crippen molar-refractivity contribution in [1.29, 1.82) is 0 Å². The Morgan fingerprint density at radius 2 is 1.42 bits per heavy atom. The van der Waals surface area contributed by atoms with Crippen LogP contribution >= 0.6 is 0 Å². The van der Waals surface area contributed by atoms with E-state index in [4.69, 9.17) is 4.74 Å². The van der Waals surface area contributed by atoms with Crippen LogP contribution in [-0.4, -0.2) is 28.3 Å². The van der Waals surface area contributed by atoms with E-state index in [0.29, 0.717) is 11.3 Å². The molecule has 0 radical (unpaired) electrons. The Morgan fingerprint density at radius 1 is 0.833 bits per heavy atom. The highest BCUT2D eigenvalue weighted by molar-refractivity contribution is 5.99. The van der Waals surface area contributed by atoms with Gasteiger partial charge in [-0.15, -0.1) is 0 Å². The monoisotopic (exact) mass is 481 g/mol. The summed E-state index contributed by atoms with van der Waals surface area (Å²) in [5.74, 6) is -0.514. The molecule has 0 aliphatic carbocycles. The van der Waals surface area contributed by atoms with E-state index in [0.717, 1.165) is 28.1 Å². The molecule has 0 unspecified atom stereocenters. The topological polar surface area (TPSA) is 73.2 Å². The van der Waals surface area contributed by atoms with E-state index < -0.39 is 12.6 Å². The predicted octanol–water partition coefficient (Wildman–Crippen LogP) is 6.58. The number of para-hydroxylation sites is 2. The van der Waals surface area contributed by atoms with Gasteiger partial charge in [0.05, 0.1) is 5.69 Å². The first-order valence-corrected chi connectivity index (χ1v) is 12.2. The Morgan fingerprint density at radius 3 is 2.00 bits per heavy atom. The van der Waals surface area contributed by atoms with Gasteiger partial charge in [-0.3, -0.25) is 4.79 Å². The molecule has 6 heteroatoms. The van der Waals surface area contributed by atoms with Crippen molar-refractivity contribution in [3.63, 3.8) is 0 Å². The smallest absolute Gasteiger partial charge is 0.342 e. The molecule has 0 atom stereocenters. The molecule has 0 fully saturated rings. The third kappa shape index (κ3) is 5.54. The van der Waals surface area contributed by atoms with Crippen LogP contribution < -0.4 is 5.32 Å². The van der Waals surface area contributed by atoms with Crippen LogP contribution in [-0.2, 0) is 9.53 Å². The second kappa shape index (κ2) is 11.0. The van der Waals surface area contributed by atoms with E-state index >= 15 is 0 Å². The molecule has 4 aromatic rings. The molecule has 36 heavy (non-hydrogen) atoms. The van der Waals surface area contributed by atoms with E-state index in [9.17, 15) is 9.59 Å². The third-order valence-corrected chi connectivity index (χ3v) is 5.97. The summed E-state index contributed by atoms with van der Waals surface area (Å²) in [6, 6.07) is 25.0. The summed E-state index contributed by atoms with van der Waals surface area (Å²) < 4.78 is 7.12. The maximum Gasteiger partial charge on any atom is 0.342 e. The Kier molecular flexibility index (Phi) is 7.64. The van der Waals surface area contributed by atoms with Crippen molar-refractivity contribution < 1.29 is 14.3 Å². The van der Waals surface area contributed by atoms with E-state index in [-0.39, 0.29) is 17.7 Å². The highest BCUT2D eigenvalue weighted by Gasteiger charge is 2.22. The van der Waals surface area contributed by atoms with Gasteiger partial charge in [-0.2, -0.15) is 5.10 Å². The fraction of sp³-hybridized carbons (Fsp3) is 0.233. The van der Waals surface area contributed by atoms with Gasteiger partial charge in [0.15, 0.2) is 6.61 Å². The number of nitrogens with zero attached hydrogens (tertiary/aromatic N) is 2. The number of esters is 1. The van der Waals surface area contributed by atoms with Gasteiger partial charge in [0, 0.05) is 17.4 Å². The SMILES string of the molecule is CC(C)c1cccc(C(C)C)c1NC(=O)COC(=O)c1cn(-c2ccccc2)nc1-c1ccccc1. The number of carbonyl (C=O) groups excluding carboxylic acids is 2. The number of nitrogens with one attached hydrogen (secondary N) is 1. The molecule has 0 bridgehead atoms. The molecule has 0 spiro atoms. The van der Waals surface area contributed by atoms with Crippen LogP contribution in [0.3, 0.4) is 0 Å². The lowest BCUT2D eigenvalue weighted by Gasteiger charge is -2.20. The van der Waals surface area contributed by atoms with Gasteiger partial charge >= 0.3 is 5.97 Å². The quantitative estimate of drug-likeness (QED) is 0.289. The van der Waals surface area contributed by atoms with E-state index in [1.807, 2.05) is 78.9 Å². The standard InChI is InChI=1S/C30H31N3O3/c1-20(2)24-16-11-17-25(21(3)4)29(24)31-27(34)19-36-30(35)26-18-33(23-14-9-6-10-15-23)32-28(26)22-12-7-5-8-13-22/h5-18,20-21H,19H2,1-4H3,(H,31,34). The first-order chi connectivity index (χ1) is 17.3. The number of aromatic nitrogens is 2. The molecule has 0 aliphatic rings. The van der Waals surface area contributed by atoms with Gasteiger partial charge in [-0.25, -0.2) is 9.48 Å². The average molecular weight is 482 g/mol. The summed E-state index contributed by atoms with van der Waals surface area (Å²) in [5.41, 5.74) is 5.30. The Labute approximate surface area is 211 Å². The number of anilines is 1. The largest absolute Gasteiger partial charge is 0.452 e. The minimum Gasteiger partial charge on any atom is -0.452 e. The van der Waals surface area contributed by atoms with Gasteiger partial charge in [0.2, 0.25) is 0 Å². The van der Waals surface area contributed by atoms with Crippen molar-refractivity contribution in [3.05, 3.63) is 102 Å². The fourth-order valence-corrected chi connectivity index (χ4v) is 4.13. The zero-order chi connectivity index (χ0) is 25.7. The van der Waals surface area contributed by atoms with Gasteiger partial charge in [0.1, 0.15) is 11.3 Å². The van der Waals surface area contributed by atoms with Crippen LogP contribution in [0.4, 0.5) is 5.69 Å². The lowest BCUT2D eigenvalue weighted by atomic mass is 9.92. The van der Waals surface area contributed by atoms with Crippen molar-refractivity contribution in [2.24, 2.45) is 0 Å². The Balaban J connectivity index is 1.56. The minimum absolute atomic E-state index is 0.235. The molecule has 0 saturated heterocycles. The second-order valence-electron chi connectivity index (χ2n) is 9.28. The lowest BCUT2D eigenvalue weighted by Crippen LogP contribution is -2.22. The highest BCUT2D eigenvalue weighted by atomic mass is 16.5. The van der Waals surface area contributed by atoms with Gasteiger partial charge in [-0.05, 0) is 35.1 Å². The van der Waals surface area contributed by atoms with Crippen LogP contribution in [0.15, 0.2) is 85.1 Å². The van der Waals surface area contributed by atoms with E-state index in [1.54, 1.807) is 10.9 Å². The highest BCUT2D eigenvalue weighted by Crippen LogP contribution is 2.32. The van der Waals surface area contributed by atoms with Crippen LogP contribution in [0.5, 0.6) is 0 Å². The number of amides is 1. The maximum atomic E-state index is 13.1. The summed E-state index contributed by atoms with van der Waals surface area (Å²) in [5, 5.41) is 7.63. The van der Waals surface area contributed by atoms with Crippen molar-refractivity contribution in [2.75, 3.05) is 11.9 Å². The van der Waals surface area contributed by atoms with Gasteiger partial charge in [0.25, 0.3) is 5.91 Å². The minimum atomic E-state index is -0.604. The zero-order valence-corrected chi connectivity index (χ0v) is 21.1. The molecule has 6 nitrogen and oxygen atoms in total. The molecule has 0 aliphatic heterocycles. The number of carbonyl (C=O) groups is 2. The van der Waals surface area contributed by atoms with E-state index in [1.165, 1.54) is 0 Å². The second-order valence-corrected chi connectivity index (χ2v) is 9.28. The molecule has 1 amide bonds. The molecular weight excluding hydrogens is 450 g/mol. The Bertz CT molecular complexity index is 1320. The summed E-state index contributed by atoms with van der Waals surface area (Å²) in [4.78, 5) is 26.0. The van der Waals surface area contributed by atoms with Crippen molar-refractivity contribution in [3.8, 4) is 16.9 Å². The molecular formula is C30H31N3O3. The van der Waals surface area contributed by atoms with E-state index in [2.05, 4.69) is 38.1 Å². The summed E-state index contributed by atoms with van der Waals surface area (Å²) in [6.45, 7) is 7.96. The molecule has 1 N–H and O–H groups in total. The number of hydrogen-bond donors (Lipinski definition) is 1. The first-order valence-electron chi connectivity index (χ1n) is 12.2. The number of rotatable bonds is 8. The maximum absolute atomic E-state index is 13.1. The number of ether oxygens (including phenoxy) is 1. The van der Waals surface area contributed by atoms with Crippen molar-refractivity contribution in [1.82, 2.24) is 9.78 Å². The van der Waals surface area contributed by atoms with Crippen LogP contribution in [0.1, 0.15) is 61.0 Å². The summed E-state index contributed by atoms with van der Waals surface area (Å²) in [7, 11) is 0. The van der Waals surface area contributed by atoms with Crippen LogP contribution in [0.25, 0.3) is 16.9 Å². The number of hydrogen-bond acceptors (Lipinski definition) is 4. The van der Waals surface area contributed by atoms with Crippen LogP contribution in [0, 0.1) is 0 Å². The molecule has 1 aromatic heterocycles. The van der Waals surface area contributed by atoms with Crippen molar-refractivity contribution >= 4 is 17.6 Å².